The van der Waals surface area contributed by atoms with E-state index in [0.29, 0.717) is 5.82 Å². The summed E-state index contributed by atoms with van der Waals surface area (Å²) in [6, 6.07) is 2.93. The summed E-state index contributed by atoms with van der Waals surface area (Å²) in [4.78, 5) is 22.3. The van der Waals surface area contributed by atoms with Gasteiger partial charge >= 0.3 is 0 Å². The summed E-state index contributed by atoms with van der Waals surface area (Å²) in [7, 11) is 7.33. The molecular weight excluding hydrogens is 246 g/mol. The van der Waals surface area contributed by atoms with E-state index in [9.17, 15) is 10.1 Å². The highest BCUT2D eigenvalue weighted by Crippen LogP contribution is 2.21. The zero-order valence-electron chi connectivity index (χ0n) is 11.4. The van der Waals surface area contributed by atoms with Crippen LogP contribution >= 0.6 is 0 Å². The molecule has 0 bridgehead atoms. The van der Waals surface area contributed by atoms with Gasteiger partial charge in [-0.05, 0) is 12.1 Å². The number of aromatic nitrogens is 1. The van der Waals surface area contributed by atoms with Crippen molar-refractivity contribution in [2.24, 2.45) is 4.99 Å². The van der Waals surface area contributed by atoms with Gasteiger partial charge in [-0.1, -0.05) is 0 Å². The molecule has 0 aliphatic heterocycles. The van der Waals surface area contributed by atoms with Gasteiger partial charge in [0.1, 0.15) is 5.69 Å². The number of pyridine rings is 1. The van der Waals surface area contributed by atoms with Crippen LogP contribution in [0.4, 0.5) is 11.5 Å². The van der Waals surface area contributed by atoms with Crippen LogP contribution in [0.1, 0.15) is 5.69 Å². The molecular formula is C12H17N5O2. The molecule has 0 fully saturated rings. The third-order valence-electron chi connectivity index (χ3n) is 2.04. The summed E-state index contributed by atoms with van der Waals surface area (Å²) >= 11 is 0. The van der Waals surface area contributed by atoms with Gasteiger partial charge in [0.05, 0.1) is 11.3 Å². The summed E-state index contributed by atoms with van der Waals surface area (Å²) in [5, 5.41) is 10.9. The predicted molar refractivity (Wildman–Crippen MR) is 75.5 cm³/mol. The van der Waals surface area contributed by atoms with Crippen molar-refractivity contribution in [3.63, 3.8) is 0 Å². The monoisotopic (exact) mass is 263 g/mol. The van der Waals surface area contributed by atoms with Crippen LogP contribution in [-0.2, 0) is 0 Å². The van der Waals surface area contributed by atoms with Crippen molar-refractivity contribution >= 4 is 23.9 Å². The quantitative estimate of drug-likeness (QED) is 0.350. The Bertz CT molecular complexity index is 509. The number of hydrogen-bond donors (Lipinski definition) is 0. The van der Waals surface area contributed by atoms with Gasteiger partial charge in [-0.2, -0.15) is 0 Å². The van der Waals surface area contributed by atoms with Crippen LogP contribution in [0.25, 0.3) is 6.08 Å². The third-order valence-corrected chi connectivity index (χ3v) is 2.04. The molecule has 0 N–H and O–H groups in total. The maximum atomic E-state index is 10.9. The highest BCUT2D eigenvalue weighted by atomic mass is 16.6. The van der Waals surface area contributed by atoms with Crippen LogP contribution in [0.2, 0.25) is 0 Å². The normalized spacial score (nSPS) is 11.2. The molecule has 0 spiro atoms. The summed E-state index contributed by atoms with van der Waals surface area (Å²) in [5.74, 6) is 0.428. The molecule has 0 unspecified atom stereocenters. The Morgan fingerprint density at radius 3 is 2.47 bits per heavy atom. The van der Waals surface area contributed by atoms with E-state index in [1.54, 1.807) is 28.4 Å². The van der Waals surface area contributed by atoms with Crippen LogP contribution in [0.5, 0.6) is 0 Å². The van der Waals surface area contributed by atoms with Gasteiger partial charge in [-0.15, -0.1) is 0 Å². The minimum atomic E-state index is -0.457. The largest absolute Gasteiger partial charge is 0.383 e. The fraction of sp³-hybridized carbons (Fsp3) is 0.333. The Balaban J connectivity index is 3.14. The Labute approximate surface area is 112 Å². The minimum Gasteiger partial charge on any atom is -0.383 e. The SMILES string of the molecule is CN(C)C=Cc1nc(N=CN(C)C)ccc1[N+](=O)[O-]. The molecule has 0 aromatic carbocycles. The molecule has 0 amide bonds. The van der Waals surface area contributed by atoms with Gasteiger partial charge in [-0.3, -0.25) is 10.1 Å². The molecule has 0 aliphatic rings. The second kappa shape index (κ2) is 6.48. The summed E-state index contributed by atoms with van der Waals surface area (Å²) < 4.78 is 0. The molecule has 0 radical (unpaired) electrons. The first-order valence-electron chi connectivity index (χ1n) is 5.61. The van der Waals surface area contributed by atoms with Crippen molar-refractivity contribution < 1.29 is 4.92 Å². The first-order valence-corrected chi connectivity index (χ1v) is 5.61. The van der Waals surface area contributed by atoms with Crippen LogP contribution in [-0.4, -0.2) is 54.2 Å². The second-order valence-electron chi connectivity index (χ2n) is 4.32. The van der Waals surface area contributed by atoms with Gasteiger partial charge in [0, 0.05) is 40.5 Å². The van der Waals surface area contributed by atoms with Crippen LogP contribution in [0.3, 0.4) is 0 Å². The molecule has 102 valence electrons. The predicted octanol–water partition coefficient (Wildman–Crippen LogP) is 1.74. The Kier molecular flexibility index (Phi) is 4.99. The van der Waals surface area contributed by atoms with E-state index in [1.807, 2.05) is 28.2 Å². The number of rotatable bonds is 5. The number of hydrogen-bond acceptors (Lipinski definition) is 5. The summed E-state index contributed by atoms with van der Waals surface area (Å²) in [6.07, 6.45) is 4.88. The summed E-state index contributed by atoms with van der Waals surface area (Å²) in [5.41, 5.74) is 0.244. The van der Waals surface area contributed by atoms with Gasteiger partial charge in [-0.25, -0.2) is 9.98 Å². The summed E-state index contributed by atoms with van der Waals surface area (Å²) in [6.45, 7) is 0. The zero-order chi connectivity index (χ0) is 14.4. The fourth-order valence-corrected chi connectivity index (χ4v) is 1.20. The van der Waals surface area contributed by atoms with E-state index in [2.05, 4.69) is 9.98 Å². The molecule has 1 heterocycles. The first kappa shape index (κ1) is 14.6. The molecule has 0 atom stereocenters. The van der Waals surface area contributed by atoms with Gasteiger partial charge in [0.2, 0.25) is 0 Å². The fourth-order valence-electron chi connectivity index (χ4n) is 1.20. The average Bonchev–Trinajstić information content (AvgIpc) is 2.33. The van der Waals surface area contributed by atoms with Crippen molar-refractivity contribution in [3.05, 3.63) is 34.1 Å². The molecule has 1 rings (SSSR count). The van der Waals surface area contributed by atoms with E-state index < -0.39 is 4.92 Å². The molecule has 7 nitrogen and oxygen atoms in total. The average molecular weight is 263 g/mol. The lowest BCUT2D eigenvalue weighted by Gasteiger charge is -2.04. The number of nitro groups is 1. The smallest absolute Gasteiger partial charge is 0.295 e. The van der Waals surface area contributed by atoms with E-state index in [-0.39, 0.29) is 11.4 Å². The third kappa shape index (κ3) is 4.74. The Morgan fingerprint density at radius 2 is 1.95 bits per heavy atom. The highest BCUT2D eigenvalue weighted by Gasteiger charge is 2.13. The topological polar surface area (TPSA) is 74.9 Å². The lowest BCUT2D eigenvalue weighted by atomic mass is 10.3. The van der Waals surface area contributed by atoms with Crippen molar-refractivity contribution in [3.8, 4) is 0 Å². The molecule has 19 heavy (non-hydrogen) atoms. The second-order valence-corrected chi connectivity index (χ2v) is 4.32. The first-order chi connectivity index (χ1) is 8.90. The van der Waals surface area contributed by atoms with Gasteiger partial charge < -0.3 is 9.80 Å². The Morgan fingerprint density at radius 1 is 1.26 bits per heavy atom. The van der Waals surface area contributed by atoms with Crippen molar-refractivity contribution in [1.29, 1.82) is 0 Å². The molecule has 1 aromatic rings. The maximum absolute atomic E-state index is 10.9. The van der Waals surface area contributed by atoms with E-state index >= 15 is 0 Å². The molecule has 0 saturated heterocycles. The molecule has 1 aromatic heterocycles. The van der Waals surface area contributed by atoms with Crippen molar-refractivity contribution in [2.45, 2.75) is 0 Å². The lowest BCUT2D eigenvalue weighted by molar-refractivity contribution is -0.385. The number of nitrogens with zero attached hydrogens (tertiary/aromatic N) is 5. The zero-order valence-corrected chi connectivity index (χ0v) is 11.4. The minimum absolute atomic E-state index is 0.0399. The van der Waals surface area contributed by atoms with Gasteiger partial charge in [0.25, 0.3) is 5.69 Å². The van der Waals surface area contributed by atoms with Gasteiger partial charge in [0.15, 0.2) is 5.82 Å². The standard InChI is InChI=1S/C12H17N5O2/c1-15(2)8-7-10-11(17(18)19)5-6-12(14-10)13-9-16(3)4/h5-9H,1-4H3. The van der Waals surface area contributed by atoms with E-state index in [1.165, 1.54) is 12.1 Å². The highest BCUT2D eigenvalue weighted by molar-refractivity contribution is 5.63. The van der Waals surface area contributed by atoms with Crippen molar-refractivity contribution in [1.82, 2.24) is 14.8 Å². The molecule has 0 aliphatic carbocycles. The lowest BCUT2D eigenvalue weighted by Crippen LogP contribution is -2.07. The van der Waals surface area contributed by atoms with Crippen molar-refractivity contribution in [2.75, 3.05) is 28.2 Å². The van der Waals surface area contributed by atoms with E-state index in [0.717, 1.165) is 0 Å². The molecule has 0 saturated carbocycles. The van der Waals surface area contributed by atoms with E-state index in [4.69, 9.17) is 0 Å². The maximum Gasteiger partial charge on any atom is 0.295 e. The number of aliphatic imine (C=N–C) groups is 1. The Hall–Kier alpha value is -2.44. The van der Waals surface area contributed by atoms with Crippen LogP contribution in [0, 0.1) is 10.1 Å². The van der Waals surface area contributed by atoms with Crippen LogP contribution in [0.15, 0.2) is 23.3 Å². The van der Waals surface area contributed by atoms with Crippen LogP contribution < -0.4 is 0 Å². The molecule has 7 heteroatoms.